The van der Waals surface area contributed by atoms with Crippen LogP contribution in [-0.2, 0) is 22.6 Å². The van der Waals surface area contributed by atoms with Crippen LogP contribution in [-0.4, -0.2) is 46.2 Å². The number of nitrogens with one attached hydrogen (secondary N) is 1. The van der Waals surface area contributed by atoms with Gasteiger partial charge in [-0.3, -0.25) is 18.7 Å². The fraction of sp³-hybridized carbons (Fsp3) is 0.458. The van der Waals surface area contributed by atoms with Crippen LogP contribution in [0.2, 0.25) is 0 Å². The summed E-state index contributed by atoms with van der Waals surface area (Å²) in [4.78, 5) is 58.2. The van der Waals surface area contributed by atoms with E-state index in [2.05, 4.69) is 22.1 Å². The lowest BCUT2D eigenvalue weighted by molar-refractivity contribution is -0.116. The van der Waals surface area contributed by atoms with Crippen molar-refractivity contribution in [2.75, 3.05) is 30.4 Å². The number of thiazole rings is 1. The maximum Gasteiger partial charge on any atom is 0.339 e. The highest BCUT2D eigenvalue weighted by atomic mass is 32.1. The van der Waals surface area contributed by atoms with Crippen molar-refractivity contribution in [2.45, 2.75) is 46.2 Å². The number of hydrogen-bond acceptors (Lipinski definition) is 8. The number of amides is 1. The van der Waals surface area contributed by atoms with Crippen LogP contribution >= 0.6 is 11.3 Å². The second kappa shape index (κ2) is 10.4. The van der Waals surface area contributed by atoms with Gasteiger partial charge in [0.05, 0.1) is 18.4 Å². The number of methoxy groups -OCH3 is 1. The normalized spacial score (nSPS) is 14.3. The average molecular weight is 500 g/mol. The van der Waals surface area contributed by atoms with E-state index >= 15 is 0 Å². The highest BCUT2D eigenvalue weighted by molar-refractivity contribution is 7.22. The first-order valence-corrected chi connectivity index (χ1v) is 12.5. The van der Waals surface area contributed by atoms with Crippen molar-refractivity contribution >= 4 is 44.4 Å². The summed E-state index contributed by atoms with van der Waals surface area (Å²) in [6.45, 7) is 5.65. The third-order valence-corrected chi connectivity index (χ3v) is 7.26. The number of esters is 1. The van der Waals surface area contributed by atoms with Crippen LogP contribution in [0.5, 0.6) is 0 Å². The lowest BCUT2D eigenvalue weighted by Gasteiger charge is -2.29. The van der Waals surface area contributed by atoms with Gasteiger partial charge in [0, 0.05) is 19.6 Å². The molecular formula is C24H29N5O5S. The molecule has 0 radical (unpaired) electrons. The third kappa shape index (κ3) is 5.00. The Hall–Kier alpha value is -3.47. The molecule has 0 bridgehead atoms. The second-order valence-electron chi connectivity index (χ2n) is 8.73. The smallest absolute Gasteiger partial charge is 0.339 e. The van der Waals surface area contributed by atoms with Crippen molar-refractivity contribution in [1.29, 1.82) is 0 Å². The number of rotatable bonds is 7. The minimum atomic E-state index is -0.586. The maximum atomic E-state index is 13.3. The van der Waals surface area contributed by atoms with Gasteiger partial charge in [-0.15, -0.1) is 0 Å². The number of anilines is 2. The summed E-state index contributed by atoms with van der Waals surface area (Å²) >= 11 is 1.26. The van der Waals surface area contributed by atoms with E-state index in [-0.39, 0.29) is 35.5 Å². The van der Waals surface area contributed by atoms with Gasteiger partial charge < -0.3 is 15.0 Å². The zero-order chi connectivity index (χ0) is 25.1. The summed E-state index contributed by atoms with van der Waals surface area (Å²) < 4.78 is 7.55. The quantitative estimate of drug-likeness (QED) is 0.497. The van der Waals surface area contributed by atoms with E-state index in [1.54, 1.807) is 24.3 Å². The number of aromatic nitrogens is 3. The van der Waals surface area contributed by atoms with Crippen molar-refractivity contribution in [2.24, 2.45) is 5.92 Å². The van der Waals surface area contributed by atoms with Gasteiger partial charge in [-0.2, -0.15) is 0 Å². The maximum absolute atomic E-state index is 13.3. The fourth-order valence-electron chi connectivity index (χ4n) is 4.18. The Morgan fingerprint density at radius 1 is 1.17 bits per heavy atom. The fourth-order valence-corrected chi connectivity index (χ4v) is 5.25. The number of nitrogens with zero attached hydrogens (tertiary/aromatic N) is 4. The Morgan fingerprint density at radius 2 is 1.89 bits per heavy atom. The molecule has 1 fully saturated rings. The molecule has 0 aliphatic carbocycles. The number of para-hydroxylation sites is 1. The van der Waals surface area contributed by atoms with Gasteiger partial charge in [0.15, 0.2) is 10.8 Å². The van der Waals surface area contributed by atoms with Gasteiger partial charge in [0.1, 0.15) is 11.2 Å². The van der Waals surface area contributed by atoms with E-state index in [1.807, 2.05) is 6.92 Å². The van der Waals surface area contributed by atoms with Gasteiger partial charge in [-0.05, 0) is 37.3 Å². The van der Waals surface area contributed by atoms with E-state index in [4.69, 9.17) is 4.74 Å². The number of ether oxygens (including phenoxy) is 1. The van der Waals surface area contributed by atoms with Crippen molar-refractivity contribution < 1.29 is 14.3 Å². The van der Waals surface area contributed by atoms with Gasteiger partial charge in [0.25, 0.3) is 5.56 Å². The molecule has 1 aliphatic rings. The van der Waals surface area contributed by atoms with Crippen LogP contribution < -0.4 is 21.5 Å². The van der Waals surface area contributed by atoms with Gasteiger partial charge in [-0.1, -0.05) is 37.3 Å². The minimum Gasteiger partial charge on any atom is -0.465 e. The van der Waals surface area contributed by atoms with Crippen molar-refractivity contribution in [1.82, 2.24) is 14.1 Å². The number of fused-ring (bicyclic) bond motifs is 1. The Balaban J connectivity index is 1.72. The lowest BCUT2D eigenvalue weighted by Crippen LogP contribution is -2.41. The van der Waals surface area contributed by atoms with E-state index in [0.29, 0.717) is 22.2 Å². The van der Waals surface area contributed by atoms with Gasteiger partial charge in [0.2, 0.25) is 5.91 Å². The monoisotopic (exact) mass is 499 g/mol. The highest BCUT2D eigenvalue weighted by Gasteiger charge is 2.24. The first-order chi connectivity index (χ1) is 16.8. The SMILES string of the molecule is CCCn1c(=O)c2sc(N3CCC(C)CC3)nc2n(CC(=O)Nc2ccccc2C(=O)OC)c1=O. The molecule has 0 spiro atoms. The summed E-state index contributed by atoms with van der Waals surface area (Å²) in [7, 11) is 1.26. The molecule has 0 atom stereocenters. The minimum absolute atomic E-state index is 0.201. The molecular weight excluding hydrogens is 470 g/mol. The first-order valence-electron chi connectivity index (χ1n) is 11.7. The van der Waals surface area contributed by atoms with Crippen LogP contribution in [0.25, 0.3) is 10.3 Å². The Kier molecular flexibility index (Phi) is 7.34. The molecule has 11 heteroatoms. The molecule has 186 valence electrons. The van der Waals surface area contributed by atoms with E-state index in [1.165, 1.54) is 23.0 Å². The Morgan fingerprint density at radius 3 is 2.57 bits per heavy atom. The topological polar surface area (TPSA) is 116 Å². The van der Waals surface area contributed by atoms with Crippen molar-refractivity contribution in [3.63, 3.8) is 0 Å². The van der Waals surface area contributed by atoms with Gasteiger partial charge in [-0.25, -0.2) is 14.6 Å². The Labute approximate surface area is 206 Å². The largest absolute Gasteiger partial charge is 0.465 e. The molecule has 2 aromatic heterocycles. The molecule has 1 saturated heterocycles. The molecule has 1 aromatic carbocycles. The summed E-state index contributed by atoms with van der Waals surface area (Å²) in [5, 5.41) is 3.37. The van der Waals surface area contributed by atoms with E-state index < -0.39 is 17.6 Å². The standard InChI is InChI=1S/C24H29N5O5S/c1-4-11-28-21(31)19-20(26-23(35-19)27-12-9-15(2)10-13-27)29(24(28)33)14-18(30)25-17-8-6-5-7-16(17)22(32)34-3/h5-8,15H,4,9-14H2,1-3H3,(H,25,30). The van der Waals surface area contributed by atoms with Crippen LogP contribution in [0.3, 0.4) is 0 Å². The molecule has 10 nitrogen and oxygen atoms in total. The van der Waals surface area contributed by atoms with Crippen molar-refractivity contribution in [3.8, 4) is 0 Å². The molecule has 1 aliphatic heterocycles. The zero-order valence-electron chi connectivity index (χ0n) is 20.1. The molecule has 1 amide bonds. The molecule has 4 rings (SSSR count). The molecule has 3 heterocycles. The number of carbonyl (C=O) groups excluding carboxylic acids is 2. The van der Waals surface area contributed by atoms with Crippen LogP contribution in [0.15, 0.2) is 33.9 Å². The second-order valence-corrected chi connectivity index (χ2v) is 9.71. The van der Waals surface area contributed by atoms with Crippen LogP contribution in [0, 0.1) is 5.92 Å². The molecule has 1 N–H and O–H groups in total. The number of hydrogen-bond donors (Lipinski definition) is 1. The third-order valence-electron chi connectivity index (χ3n) is 6.16. The number of benzene rings is 1. The number of piperidine rings is 1. The Bertz CT molecular complexity index is 1370. The van der Waals surface area contributed by atoms with E-state index in [9.17, 15) is 19.2 Å². The molecule has 35 heavy (non-hydrogen) atoms. The van der Waals surface area contributed by atoms with Gasteiger partial charge >= 0.3 is 11.7 Å². The lowest BCUT2D eigenvalue weighted by atomic mass is 10.00. The summed E-state index contributed by atoms with van der Waals surface area (Å²) in [6, 6.07) is 6.47. The molecule has 0 saturated carbocycles. The zero-order valence-corrected chi connectivity index (χ0v) is 20.9. The summed E-state index contributed by atoms with van der Waals surface area (Å²) in [5.41, 5.74) is -0.273. The van der Waals surface area contributed by atoms with Crippen LogP contribution in [0.1, 0.15) is 43.5 Å². The summed E-state index contributed by atoms with van der Waals surface area (Å²) in [5.74, 6) is -0.470. The number of carbonyl (C=O) groups is 2. The average Bonchev–Trinajstić information content (AvgIpc) is 3.30. The van der Waals surface area contributed by atoms with Crippen molar-refractivity contribution in [3.05, 3.63) is 50.7 Å². The molecule has 0 unspecified atom stereocenters. The summed E-state index contributed by atoms with van der Waals surface area (Å²) in [6.07, 6.45) is 2.66. The molecule has 3 aromatic rings. The predicted octanol–water partition coefficient (Wildman–Crippen LogP) is 2.69. The predicted molar refractivity (Wildman–Crippen MR) is 135 cm³/mol. The highest BCUT2D eigenvalue weighted by Crippen LogP contribution is 2.29. The van der Waals surface area contributed by atoms with Crippen LogP contribution in [0.4, 0.5) is 10.8 Å². The van der Waals surface area contributed by atoms with E-state index in [0.717, 1.165) is 30.5 Å². The first kappa shape index (κ1) is 24.6.